The zero-order chi connectivity index (χ0) is 14.8. The van der Waals surface area contributed by atoms with Gasteiger partial charge < -0.3 is 9.47 Å². The van der Waals surface area contributed by atoms with E-state index in [1.54, 1.807) is 29.6 Å². The first-order chi connectivity index (χ1) is 10.2. The van der Waals surface area contributed by atoms with Gasteiger partial charge in [0, 0.05) is 10.9 Å². The minimum Gasteiger partial charge on any atom is -0.486 e. The fraction of sp³-hybridized carbons (Fsp3) is 0.200. The third kappa shape index (κ3) is 2.80. The molecule has 0 saturated heterocycles. The van der Waals surface area contributed by atoms with Crippen LogP contribution in [0.4, 0.5) is 0 Å². The Labute approximate surface area is 134 Å². The Hall–Kier alpha value is -1.84. The van der Waals surface area contributed by atoms with Crippen molar-refractivity contribution < 1.29 is 14.3 Å². The van der Waals surface area contributed by atoms with Crippen molar-refractivity contribution in [2.45, 2.75) is 5.92 Å². The molecule has 2 heterocycles. The summed E-state index contributed by atoms with van der Waals surface area (Å²) in [6.45, 7) is 0.981. The second-order valence-corrected chi connectivity index (χ2v) is 6.76. The number of carbonyl (C=O) groups is 1. The number of thiophene rings is 1. The highest BCUT2D eigenvalue weighted by molar-refractivity contribution is 9.11. The number of carbonyl (C=O) groups excluding carboxylic acids is 1. The van der Waals surface area contributed by atoms with Crippen molar-refractivity contribution in [3.8, 4) is 17.6 Å². The second-order valence-electron chi connectivity index (χ2n) is 4.47. The summed E-state index contributed by atoms with van der Waals surface area (Å²) in [6, 6.07) is 9.00. The van der Waals surface area contributed by atoms with Crippen molar-refractivity contribution in [1.29, 1.82) is 5.26 Å². The van der Waals surface area contributed by atoms with Crippen LogP contribution in [0.1, 0.15) is 21.8 Å². The summed E-state index contributed by atoms with van der Waals surface area (Å²) >= 11 is 4.74. The van der Waals surface area contributed by atoms with Crippen molar-refractivity contribution in [3.63, 3.8) is 0 Å². The summed E-state index contributed by atoms with van der Waals surface area (Å²) < 4.78 is 11.8. The number of hydrogen-bond acceptors (Lipinski definition) is 5. The SMILES string of the molecule is N#CC(C(=O)c1csc(Br)c1)c1ccc2c(c1)OCCO2. The maximum Gasteiger partial charge on any atom is 0.185 e. The summed E-state index contributed by atoms with van der Waals surface area (Å²) in [7, 11) is 0. The molecule has 0 N–H and O–H groups in total. The Bertz CT molecular complexity index is 735. The van der Waals surface area contributed by atoms with Crippen LogP contribution < -0.4 is 9.47 Å². The van der Waals surface area contributed by atoms with Crippen molar-refractivity contribution in [3.05, 3.63) is 44.6 Å². The van der Waals surface area contributed by atoms with E-state index in [1.165, 1.54) is 11.3 Å². The van der Waals surface area contributed by atoms with Crippen molar-refractivity contribution in [2.24, 2.45) is 0 Å². The van der Waals surface area contributed by atoms with Gasteiger partial charge in [-0.05, 0) is 39.7 Å². The van der Waals surface area contributed by atoms with Crippen LogP contribution in [0.3, 0.4) is 0 Å². The molecule has 1 unspecified atom stereocenters. The third-order valence-corrected chi connectivity index (χ3v) is 4.65. The molecule has 6 heteroatoms. The molecule has 1 aliphatic rings. The highest BCUT2D eigenvalue weighted by atomic mass is 79.9. The first-order valence-electron chi connectivity index (χ1n) is 6.26. The maximum absolute atomic E-state index is 12.4. The Morgan fingerprint density at radius 3 is 2.71 bits per heavy atom. The maximum atomic E-state index is 12.4. The lowest BCUT2D eigenvalue weighted by Gasteiger charge is -2.19. The molecule has 0 bridgehead atoms. The number of halogens is 1. The summed E-state index contributed by atoms with van der Waals surface area (Å²) in [6.07, 6.45) is 0. The number of ether oxygens (including phenoxy) is 2. The normalized spacial score (nSPS) is 14.3. The molecule has 21 heavy (non-hydrogen) atoms. The van der Waals surface area contributed by atoms with E-state index >= 15 is 0 Å². The van der Waals surface area contributed by atoms with E-state index in [0.29, 0.717) is 35.8 Å². The first kappa shape index (κ1) is 14.1. The fourth-order valence-electron chi connectivity index (χ4n) is 2.13. The minimum absolute atomic E-state index is 0.212. The van der Waals surface area contributed by atoms with Gasteiger partial charge in [0.1, 0.15) is 19.1 Å². The van der Waals surface area contributed by atoms with Gasteiger partial charge in [-0.3, -0.25) is 4.79 Å². The van der Waals surface area contributed by atoms with Gasteiger partial charge in [0.25, 0.3) is 0 Å². The molecule has 0 saturated carbocycles. The molecular weight excluding hydrogens is 354 g/mol. The standard InChI is InChI=1S/C15H10BrNO3S/c16-14-6-10(8-21-14)15(18)11(7-17)9-1-2-12-13(5-9)20-4-3-19-12/h1-2,5-6,8,11H,3-4H2. The first-order valence-corrected chi connectivity index (χ1v) is 7.93. The van der Waals surface area contributed by atoms with E-state index in [4.69, 9.17) is 9.47 Å². The van der Waals surface area contributed by atoms with Crippen LogP contribution in [0.15, 0.2) is 33.4 Å². The van der Waals surface area contributed by atoms with E-state index in [1.807, 2.05) is 0 Å². The second kappa shape index (κ2) is 5.88. The van der Waals surface area contributed by atoms with Gasteiger partial charge in [-0.25, -0.2) is 0 Å². The van der Waals surface area contributed by atoms with Crippen LogP contribution in [-0.2, 0) is 0 Å². The van der Waals surface area contributed by atoms with E-state index in [-0.39, 0.29) is 5.78 Å². The van der Waals surface area contributed by atoms with Crippen LogP contribution in [-0.4, -0.2) is 19.0 Å². The zero-order valence-corrected chi connectivity index (χ0v) is 13.2. The quantitative estimate of drug-likeness (QED) is 0.778. The molecule has 4 nitrogen and oxygen atoms in total. The van der Waals surface area contributed by atoms with Crippen LogP contribution in [0.2, 0.25) is 0 Å². The largest absolute Gasteiger partial charge is 0.486 e. The van der Waals surface area contributed by atoms with Crippen molar-refractivity contribution >= 4 is 33.0 Å². The molecule has 0 aliphatic carbocycles. The van der Waals surface area contributed by atoms with Crippen LogP contribution in [0.5, 0.6) is 11.5 Å². The van der Waals surface area contributed by atoms with E-state index < -0.39 is 5.92 Å². The fourth-order valence-corrected chi connectivity index (χ4v) is 3.28. The van der Waals surface area contributed by atoms with Crippen molar-refractivity contribution in [2.75, 3.05) is 13.2 Å². The summed E-state index contributed by atoms with van der Waals surface area (Å²) in [4.78, 5) is 12.4. The molecule has 0 amide bonds. The smallest absolute Gasteiger partial charge is 0.185 e. The lowest BCUT2D eigenvalue weighted by atomic mass is 9.93. The topological polar surface area (TPSA) is 59.3 Å². The number of Topliss-reactive ketones (excluding diaryl/α,β-unsaturated/α-hetero) is 1. The Kier molecular flexibility index (Phi) is 3.95. The number of benzene rings is 1. The van der Waals surface area contributed by atoms with Gasteiger partial charge in [-0.2, -0.15) is 5.26 Å². The molecule has 0 spiro atoms. The molecule has 1 atom stereocenters. The van der Waals surface area contributed by atoms with E-state index in [2.05, 4.69) is 22.0 Å². The van der Waals surface area contributed by atoms with Gasteiger partial charge in [0.05, 0.1) is 9.86 Å². The van der Waals surface area contributed by atoms with Crippen LogP contribution in [0.25, 0.3) is 0 Å². The van der Waals surface area contributed by atoms with Gasteiger partial charge in [-0.1, -0.05) is 6.07 Å². The van der Waals surface area contributed by atoms with Gasteiger partial charge in [0.2, 0.25) is 0 Å². The van der Waals surface area contributed by atoms with Crippen LogP contribution >= 0.6 is 27.3 Å². The molecule has 1 aromatic carbocycles. The number of nitrogens with zero attached hydrogens (tertiary/aromatic N) is 1. The summed E-state index contributed by atoms with van der Waals surface area (Å²) in [5.74, 6) is 0.171. The molecule has 3 rings (SSSR count). The average molecular weight is 364 g/mol. The van der Waals surface area contributed by atoms with E-state index in [0.717, 1.165) is 3.79 Å². The monoisotopic (exact) mass is 363 g/mol. The predicted molar refractivity (Wildman–Crippen MR) is 82.1 cm³/mol. The Balaban J connectivity index is 1.93. The Morgan fingerprint density at radius 1 is 1.29 bits per heavy atom. The highest BCUT2D eigenvalue weighted by Gasteiger charge is 2.24. The van der Waals surface area contributed by atoms with Crippen LogP contribution in [0, 0.1) is 11.3 Å². The number of hydrogen-bond donors (Lipinski definition) is 0. The summed E-state index contributed by atoms with van der Waals surface area (Å²) in [5, 5.41) is 11.1. The minimum atomic E-state index is -0.845. The molecule has 0 fully saturated rings. The summed E-state index contributed by atoms with van der Waals surface area (Å²) in [5.41, 5.74) is 1.15. The van der Waals surface area contributed by atoms with Gasteiger partial charge in [0.15, 0.2) is 17.3 Å². The molecular formula is C15H10BrNO3S. The molecule has 0 radical (unpaired) electrons. The van der Waals surface area contributed by atoms with Gasteiger partial charge >= 0.3 is 0 Å². The third-order valence-electron chi connectivity index (χ3n) is 3.14. The molecule has 1 aromatic heterocycles. The molecule has 2 aromatic rings. The number of ketones is 1. The zero-order valence-electron chi connectivity index (χ0n) is 10.8. The molecule has 1 aliphatic heterocycles. The average Bonchev–Trinajstić information content (AvgIpc) is 2.94. The van der Waals surface area contributed by atoms with Gasteiger partial charge in [-0.15, -0.1) is 11.3 Å². The number of rotatable bonds is 3. The predicted octanol–water partition coefficient (Wildman–Crippen LogP) is 3.77. The van der Waals surface area contributed by atoms with Crippen molar-refractivity contribution in [1.82, 2.24) is 0 Å². The molecule has 106 valence electrons. The highest BCUT2D eigenvalue weighted by Crippen LogP contribution is 2.34. The lowest BCUT2D eigenvalue weighted by molar-refractivity contribution is 0.0979. The number of nitriles is 1. The number of fused-ring (bicyclic) bond motifs is 1. The lowest BCUT2D eigenvalue weighted by Crippen LogP contribution is -2.16. The Morgan fingerprint density at radius 2 is 2.05 bits per heavy atom. The van der Waals surface area contributed by atoms with E-state index in [9.17, 15) is 10.1 Å².